The molecule has 0 spiro atoms. The van der Waals surface area contributed by atoms with Gasteiger partial charge in [0, 0.05) is 18.7 Å². The average Bonchev–Trinajstić information content (AvgIpc) is 2.79. The second-order valence-electron chi connectivity index (χ2n) is 5.07. The maximum absolute atomic E-state index is 14.2. The highest BCUT2D eigenvalue weighted by Gasteiger charge is 2.31. The van der Waals surface area contributed by atoms with Gasteiger partial charge in [-0.2, -0.15) is 0 Å². The van der Waals surface area contributed by atoms with Crippen LogP contribution in [0, 0.1) is 21.8 Å². The Morgan fingerprint density at radius 3 is 2.80 bits per heavy atom. The molecule has 0 amide bonds. The summed E-state index contributed by atoms with van der Waals surface area (Å²) in [5.74, 6) is -0.234. The van der Waals surface area contributed by atoms with Crippen LogP contribution >= 0.6 is 0 Å². The van der Waals surface area contributed by atoms with E-state index in [1.807, 2.05) is 11.8 Å². The number of hydrogen-bond donors (Lipinski definition) is 1. The predicted molar refractivity (Wildman–Crippen MR) is 73.6 cm³/mol. The summed E-state index contributed by atoms with van der Waals surface area (Å²) in [4.78, 5) is 12.1. The molecule has 1 aromatic carbocycles. The van der Waals surface area contributed by atoms with Crippen LogP contribution < -0.4 is 15.4 Å². The molecule has 2 N–H and O–H groups in total. The van der Waals surface area contributed by atoms with E-state index in [2.05, 4.69) is 0 Å². The lowest BCUT2D eigenvalue weighted by Crippen LogP contribution is -2.28. The number of nitro groups is 1. The molecule has 2 rings (SSSR count). The zero-order valence-electron chi connectivity index (χ0n) is 11.5. The van der Waals surface area contributed by atoms with Crippen molar-refractivity contribution in [1.82, 2.24) is 0 Å². The molecule has 1 aliphatic rings. The van der Waals surface area contributed by atoms with Gasteiger partial charge in [-0.3, -0.25) is 10.1 Å². The summed E-state index contributed by atoms with van der Waals surface area (Å²) in [6, 6.07) is 2.45. The molecule has 0 bridgehead atoms. The quantitative estimate of drug-likeness (QED) is 0.674. The zero-order valence-corrected chi connectivity index (χ0v) is 11.5. The highest BCUT2D eigenvalue weighted by molar-refractivity contribution is 5.61. The summed E-state index contributed by atoms with van der Waals surface area (Å²) in [6.45, 7) is 3.19. The normalized spacial score (nSPS) is 22.1. The minimum atomic E-state index is -0.651. The second kappa shape index (κ2) is 5.62. The van der Waals surface area contributed by atoms with Crippen molar-refractivity contribution in [2.75, 3.05) is 25.1 Å². The number of rotatable bonds is 4. The molecule has 2 atom stereocenters. The van der Waals surface area contributed by atoms with Gasteiger partial charge in [-0.05, 0) is 25.8 Å². The van der Waals surface area contributed by atoms with Crippen molar-refractivity contribution < 1.29 is 14.1 Å². The smallest absolute Gasteiger partial charge is 0.313 e. The second-order valence-corrected chi connectivity index (χ2v) is 5.07. The van der Waals surface area contributed by atoms with Crippen LogP contribution in [0.25, 0.3) is 0 Å². The lowest BCUT2D eigenvalue weighted by atomic mass is 10.1. The predicted octanol–water partition coefficient (Wildman–Crippen LogP) is 1.92. The number of methoxy groups -OCH3 is 1. The fourth-order valence-corrected chi connectivity index (χ4v) is 2.71. The van der Waals surface area contributed by atoms with E-state index in [-0.39, 0.29) is 17.5 Å². The van der Waals surface area contributed by atoms with Crippen LogP contribution in [0.1, 0.15) is 13.3 Å². The SMILES string of the molecule is COc1cc(N2CC(CN)CC2C)c(F)cc1[N+](=O)[O-]. The van der Waals surface area contributed by atoms with Crippen LogP contribution in [0.15, 0.2) is 12.1 Å². The standard InChI is InChI=1S/C13H18FN3O3/c1-8-3-9(6-15)7-16(8)11-5-13(20-2)12(17(18)19)4-10(11)14/h4-5,8-9H,3,6-7,15H2,1-2H3. The Labute approximate surface area is 116 Å². The van der Waals surface area contributed by atoms with Crippen molar-refractivity contribution in [1.29, 1.82) is 0 Å². The van der Waals surface area contributed by atoms with Gasteiger partial charge in [0.1, 0.15) is 0 Å². The first-order valence-corrected chi connectivity index (χ1v) is 6.46. The topological polar surface area (TPSA) is 81.6 Å². The first-order valence-electron chi connectivity index (χ1n) is 6.46. The van der Waals surface area contributed by atoms with Crippen LogP contribution in [-0.2, 0) is 0 Å². The monoisotopic (exact) mass is 283 g/mol. The molecule has 2 unspecified atom stereocenters. The fraction of sp³-hybridized carbons (Fsp3) is 0.538. The van der Waals surface area contributed by atoms with E-state index in [0.29, 0.717) is 24.7 Å². The summed E-state index contributed by atoms with van der Waals surface area (Å²) in [5, 5.41) is 10.9. The highest BCUT2D eigenvalue weighted by Crippen LogP contribution is 2.37. The Kier molecular flexibility index (Phi) is 4.08. The van der Waals surface area contributed by atoms with Crippen LogP contribution in [0.3, 0.4) is 0 Å². The summed E-state index contributed by atoms with van der Waals surface area (Å²) >= 11 is 0. The van der Waals surface area contributed by atoms with E-state index in [0.717, 1.165) is 12.5 Å². The van der Waals surface area contributed by atoms with E-state index in [1.165, 1.54) is 13.2 Å². The number of nitrogens with two attached hydrogens (primary N) is 1. The van der Waals surface area contributed by atoms with E-state index >= 15 is 0 Å². The van der Waals surface area contributed by atoms with Gasteiger partial charge in [0.05, 0.1) is 23.8 Å². The lowest BCUT2D eigenvalue weighted by Gasteiger charge is -2.24. The summed E-state index contributed by atoms with van der Waals surface area (Å²) in [7, 11) is 1.33. The van der Waals surface area contributed by atoms with Gasteiger partial charge in [0.15, 0.2) is 11.6 Å². The Balaban J connectivity index is 2.40. The molecule has 1 heterocycles. The number of nitrogens with zero attached hydrogens (tertiary/aromatic N) is 2. The zero-order chi connectivity index (χ0) is 14.9. The van der Waals surface area contributed by atoms with Crippen LogP contribution in [0.2, 0.25) is 0 Å². The molecule has 1 fully saturated rings. The Hall–Kier alpha value is -1.89. The van der Waals surface area contributed by atoms with Crippen molar-refractivity contribution in [2.24, 2.45) is 11.7 Å². The van der Waals surface area contributed by atoms with Crippen molar-refractivity contribution in [3.8, 4) is 5.75 Å². The molecule has 110 valence electrons. The summed E-state index contributed by atoms with van der Waals surface area (Å²) in [5.41, 5.74) is 5.62. The molecule has 0 radical (unpaired) electrons. The largest absolute Gasteiger partial charge is 0.490 e. The third kappa shape index (κ3) is 2.53. The maximum Gasteiger partial charge on any atom is 0.313 e. The molecule has 6 nitrogen and oxygen atoms in total. The fourth-order valence-electron chi connectivity index (χ4n) is 2.71. The van der Waals surface area contributed by atoms with Gasteiger partial charge >= 0.3 is 5.69 Å². The molecule has 20 heavy (non-hydrogen) atoms. The average molecular weight is 283 g/mol. The van der Waals surface area contributed by atoms with E-state index < -0.39 is 10.7 Å². The molecule has 0 aromatic heterocycles. The van der Waals surface area contributed by atoms with Gasteiger partial charge in [0.25, 0.3) is 0 Å². The van der Waals surface area contributed by atoms with Crippen LogP contribution in [-0.4, -0.2) is 31.2 Å². The lowest BCUT2D eigenvalue weighted by molar-refractivity contribution is -0.385. The maximum atomic E-state index is 14.2. The first kappa shape index (κ1) is 14.5. The first-order chi connectivity index (χ1) is 9.47. The van der Waals surface area contributed by atoms with Crippen molar-refractivity contribution in [2.45, 2.75) is 19.4 Å². The Morgan fingerprint density at radius 2 is 2.30 bits per heavy atom. The van der Waals surface area contributed by atoms with Gasteiger partial charge in [0.2, 0.25) is 0 Å². The van der Waals surface area contributed by atoms with Crippen LogP contribution in [0.4, 0.5) is 15.8 Å². The third-order valence-electron chi connectivity index (χ3n) is 3.75. The summed E-state index contributed by atoms with van der Waals surface area (Å²) in [6.07, 6.45) is 0.884. The molecule has 1 aliphatic heterocycles. The van der Waals surface area contributed by atoms with Crippen molar-refractivity contribution >= 4 is 11.4 Å². The van der Waals surface area contributed by atoms with Crippen molar-refractivity contribution in [3.63, 3.8) is 0 Å². The number of halogens is 1. The third-order valence-corrected chi connectivity index (χ3v) is 3.75. The molecule has 0 saturated carbocycles. The summed E-state index contributed by atoms with van der Waals surface area (Å²) < 4.78 is 19.1. The molecule has 7 heteroatoms. The molecular weight excluding hydrogens is 265 g/mol. The Bertz CT molecular complexity index is 524. The van der Waals surface area contributed by atoms with Gasteiger partial charge in [-0.25, -0.2) is 4.39 Å². The minimum absolute atomic E-state index is 0.0646. The molecule has 0 aliphatic carbocycles. The molecular formula is C13H18FN3O3. The number of anilines is 1. The van der Waals surface area contributed by atoms with Gasteiger partial charge < -0.3 is 15.4 Å². The minimum Gasteiger partial charge on any atom is -0.490 e. The molecule has 1 saturated heterocycles. The number of nitro benzene ring substituents is 1. The van der Waals surface area contributed by atoms with E-state index in [9.17, 15) is 14.5 Å². The van der Waals surface area contributed by atoms with Gasteiger partial charge in [-0.15, -0.1) is 0 Å². The number of hydrogen-bond acceptors (Lipinski definition) is 5. The van der Waals surface area contributed by atoms with Crippen LogP contribution in [0.5, 0.6) is 5.75 Å². The number of ether oxygens (including phenoxy) is 1. The van der Waals surface area contributed by atoms with E-state index in [1.54, 1.807) is 0 Å². The van der Waals surface area contributed by atoms with E-state index in [4.69, 9.17) is 10.5 Å². The molecule has 1 aromatic rings. The van der Waals surface area contributed by atoms with Gasteiger partial charge in [-0.1, -0.05) is 0 Å². The highest BCUT2D eigenvalue weighted by atomic mass is 19.1. The number of benzene rings is 1. The van der Waals surface area contributed by atoms with Crippen molar-refractivity contribution in [3.05, 3.63) is 28.1 Å². The Morgan fingerprint density at radius 1 is 1.60 bits per heavy atom.